The minimum Gasteiger partial charge on any atom is -0.493 e. The highest BCUT2D eigenvalue weighted by atomic mass is 35.5. The fraction of sp³-hybridized carbons (Fsp3) is 0.333. The second kappa shape index (κ2) is 8.87. The molecule has 0 aliphatic carbocycles. The average molecular weight is 473 g/mol. The Morgan fingerprint density at radius 3 is 2.41 bits per heavy atom. The van der Waals surface area contributed by atoms with Crippen LogP contribution in [0.15, 0.2) is 42.5 Å². The molecule has 0 unspecified atom stereocenters. The molecule has 0 aromatic heterocycles. The van der Waals surface area contributed by atoms with E-state index >= 15 is 0 Å². The average Bonchev–Trinajstić information content (AvgIpc) is 2.71. The van der Waals surface area contributed by atoms with Crippen LogP contribution in [0.1, 0.15) is 24.1 Å². The lowest BCUT2D eigenvalue weighted by atomic mass is 9.79. The summed E-state index contributed by atoms with van der Waals surface area (Å²) >= 11 is 5.85. The summed E-state index contributed by atoms with van der Waals surface area (Å²) in [6, 6.07) is 8.38. The predicted octanol–water partition coefficient (Wildman–Crippen LogP) is 3.74. The molecule has 172 valence electrons. The first-order valence-corrected chi connectivity index (χ1v) is 9.77. The number of benzene rings is 2. The van der Waals surface area contributed by atoms with E-state index in [1.165, 1.54) is 30.6 Å². The lowest BCUT2D eigenvalue weighted by Crippen LogP contribution is -2.72. The Labute approximate surface area is 186 Å². The number of halogens is 4. The van der Waals surface area contributed by atoms with Gasteiger partial charge in [-0.1, -0.05) is 29.8 Å². The standard InChI is InChI=1S/C21H20ClF3N2O5/c1-11(28)17-18(26-19(29)27-20(17,30)21(23,24)25)13-5-8-15(16(9-13)31-2)32-10-12-3-6-14(22)7-4-12/h3-9,17-18,30H,10H2,1-2H3,(H2,26,27,29)/t17-,18-,20-/m0/s1. The number of aliphatic hydroxyl groups is 1. The first-order chi connectivity index (χ1) is 15.0. The molecular formula is C21H20ClF3N2O5. The van der Waals surface area contributed by atoms with Crippen molar-refractivity contribution in [1.29, 1.82) is 0 Å². The van der Waals surface area contributed by atoms with Gasteiger partial charge in [-0.15, -0.1) is 0 Å². The predicted molar refractivity (Wildman–Crippen MR) is 108 cm³/mol. The van der Waals surface area contributed by atoms with Gasteiger partial charge in [0.25, 0.3) is 0 Å². The Kier molecular flexibility index (Phi) is 6.56. The smallest absolute Gasteiger partial charge is 0.437 e. The Morgan fingerprint density at radius 2 is 1.84 bits per heavy atom. The number of methoxy groups -OCH3 is 1. The summed E-state index contributed by atoms with van der Waals surface area (Å²) in [6.07, 6.45) is -5.29. The Morgan fingerprint density at radius 1 is 1.19 bits per heavy atom. The van der Waals surface area contributed by atoms with E-state index in [0.717, 1.165) is 12.5 Å². The van der Waals surface area contributed by atoms with Crippen LogP contribution >= 0.6 is 11.6 Å². The van der Waals surface area contributed by atoms with Gasteiger partial charge in [-0.3, -0.25) is 4.79 Å². The lowest BCUT2D eigenvalue weighted by molar-refractivity contribution is -0.290. The molecule has 32 heavy (non-hydrogen) atoms. The van der Waals surface area contributed by atoms with Crippen LogP contribution in [0.5, 0.6) is 11.5 Å². The first kappa shape index (κ1) is 23.7. The fourth-order valence-corrected chi connectivity index (χ4v) is 3.67. The maximum atomic E-state index is 13.6. The monoisotopic (exact) mass is 472 g/mol. The van der Waals surface area contributed by atoms with E-state index in [9.17, 15) is 27.9 Å². The number of carbonyl (C=O) groups excluding carboxylic acids is 2. The molecule has 1 fully saturated rings. The molecule has 3 rings (SSSR count). The molecule has 11 heteroatoms. The van der Waals surface area contributed by atoms with Gasteiger partial charge in [0.1, 0.15) is 12.4 Å². The number of rotatable bonds is 6. The molecule has 0 spiro atoms. The second-order valence-corrected chi connectivity index (χ2v) is 7.69. The number of hydrogen-bond donors (Lipinski definition) is 3. The van der Waals surface area contributed by atoms with Crippen molar-refractivity contribution in [3.63, 3.8) is 0 Å². The van der Waals surface area contributed by atoms with Crippen molar-refractivity contribution >= 4 is 23.4 Å². The summed E-state index contributed by atoms with van der Waals surface area (Å²) in [5.74, 6) is -2.55. The third-order valence-electron chi connectivity index (χ3n) is 5.10. The molecule has 0 saturated carbocycles. The van der Waals surface area contributed by atoms with E-state index in [2.05, 4.69) is 5.32 Å². The number of ketones is 1. The van der Waals surface area contributed by atoms with Crippen LogP contribution < -0.4 is 20.1 Å². The molecule has 2 aromatic rings. The summed E-state index contributed by atoms with van der Waals surface area (Å²) in [7, 11) is 1.34. The number of alkyl halides is 3. The van der Waals surface area contributed by atoms with Gasteiger partial charge in [0, 0.05) is 5.02 Å². The topological polar surface area (TPSA) is 96.9 Å². The van der Waals surface area contributed by atoms with E-state index in [0.29, 0.717) is 5.02 Å². The zero-order valence-electron chi connectivity index (χ0n) is 17.0. The SMILES string of the molecule is COc1cc([C@@H]2NC(=O)N[C@@](O)(C(F)(F)F)[C@H]2C(C)=O)ccc1OCc1ccc(Cl)cc1. The number of amides is 2. The minimum absolute atomic E-state index is 0.124. The molecule has 0 bridgehead atoms. The fourth-order valence-electron chi connectivity index (χ4n) is 3.54. The van der Waals surface area contributed by atoms with Gasteiger partial charge in [-0.25, -0.2) is 4.79 Å². The van der Waals surface area contributed by atoms with Crippen molar-refractivity contribution in [2.75, 3.05) is 7.11 Å². The number of hydrogen-bond acceptors (Lipinski definition) is 5. The van der Waals surface area contributed by atoms with Gasteiger partial charge in [-0.05, 0) is 42.3 Å². The van der Waals surface area contributed by atoms with Gasteiger partial charge < -0.3 is 25.2 Å². The summed E-state index contributed by atoms with van der Waals surface area (Å²) in [5, 5.41) is 14.6. The van der Waals surface area contributed by atoms with Gasteiger partial charge >= 0.3 is 12.2 Å². The molecule has 3 atom stereocenters. The molecule has 1 heterocycles. The third kappa shape index (κ3) is 4.61. The van der Waals surface area contributed by atoms with Crippen LogP contribution in [0.4, 0.5) is 18.0 Å². The summed E-state index contributed by atoms with van der Waals surface area (Å²) in [5.41, 5.74) is -2.79. The lowest BCUT2D eigenvalue weighted by Gasteiger charge is -2.44. The van der Waals surface area contributed by atoms with E-state index in [1.54, 1.807) is 24.3 Å². The normalized spacial score (nSPS) is 23.2. The van der Waals surface area contributed by atoms with Gasteiger partial charge in [0.2, 0.25) is 5.72 Å². The number of urea groups is 1. The highest BCUT2D eigenvalue weighted by Crippen LogP contribution is 2.44. The molecule has 2 amide bonds. The molecule has 1 aliphatic heterocycles. The van der Waals surface area contributed by atoms with Crippen LogP contribution in [-0.4, -0.2) is 35.9 Å². The zero-order valence-corrected chi connectivity index (χ0v) is 17.8. The molecule has 1 aliphatic rings. The van der Waals surface area contributed by atoms with Crippen LogP contribution in [0, 0.1) is 5.92 Å². The quantitative estimate of drug-likeness (QED) is 0.595. The molecule has 1 saturated heterocycles. The van der Waals surface area contributed by atoms with E-state index < -0.39 is 35.7 Å². The van der Waals surface area contributed by atoms with Gasteiger partial charge in [0.05, 0.1) is 19.1 Å². The highest BCUT2D eigenvalue weighted by Gasteiger charge is 2.65. The molecule has 7 nitrogen and oxygen atoms in total. The number of nitrogens with one attached hydrogen (secondary N) is 2. The number of carbonyl (C=O) groups is 2. The second-order valence-electron chi connectivity index (χ2n) is 7.25. The van der Waals surface area contributed by atoms with E-state index in [1.807, 2.05) is 0 Å². The Bertz CT molecular complexity index is 1020. The number of ether oxygens (including phenoxy) is 2. The van der Waals surface area contributed by atoms with Crippen molar-refractivity contribution < 1.29 is 37.3 Å². The molecule has 3 N–H and O–H groups in total. The maximum absolute atomic E-state index is 13.6. The largest absolute Gasteiger partial charge is 0.493 e. The summed E-state index contributed by atoms with van der Waals surface area (Å²) in [4.78, 5) is 24.1. The number of Topliss-reactive ketones (excluding diaryl/α,β-unsaturated/α-hetero) is 1. The summed E-state index contributed by atoms with van der Waals surface area (Å²) in [6.45, 7) is 1.08. The highest BCUT2D eigenvalue weighted by molar-refractivity contribution is 6.30. The molecular weight excluding hydrogens is 453 g/mol. The van der Waals surface area contributed by atoms with Crippen LogP contribution in [0.3, 0.4) is 0 Å². The summed E-state index contributed by atoms with van der Waals surface area (Å²) < 4.78 is 51.8. The van der Waals surface area contributed by atoms with Crippen LogP contribution in [-0.2, 0) is 11.4 Å². The van der Waals surface area contributed by atoms with E-state index in [4.69, 9.17) is 21.1 Å². The molecule has 0 radical (unpaired) electrons. The van der Waals surface area contributed by atoms with Crippen molar-refractivity contribution in [1.82, 2.24) is 10.6 Å². The first-order valence-electron chi connectivity index (χ1n) is 9.39. The molecule has 2 aromatic carbocycles. The minimum atomic E-state index is -5.29. The van der Waals surface area contributed by atoms with Crippen molar-refractivity contribution in [2.24, 2.45) is 5.92 Å². The van der Waals surface area contributed by atoms with Gasteiger partial charge in [0.15, 0.2) is 11.5 Å². The van der Waals surface area contributed by atoms with Crippen LogP contribution in [0.25, 0.3) is 0 Å². The van der Waals surface area contributed by atoms with Gasteiger partial charge in [-0.2, -0.15) is 13.2 Å². The van der Waals surface area contributed by atoms with E-state index in [-0.39, 0.29) is 23.7 Å². The Balaban J connectivity index is 1.92. The zero-order chi connectivity index (χ0) is 23.7. The van der Waals surface area contributed by atoms with Crippen molar-refractivity contribution in [2.45, 2.75) is 31.5 Å². The Hall–Kier alpha value is -2.98. The van der Waals surface area contributed by atoms with Crippen molar-refractivity contribution in [3.05, 3.63) is 58.6 Å². The maximum Gasteiger partial charge on any atom is 0.437 e. The third-order valence-corrected chi connectivity index (χ3v) is 5.35. The van der Waals surface area contributed by atoms with Crippen molar-refractivity contribution in [3.8, 4) is 11.5 Å². The van der Waals surface area contributed by atoms with Crippen LogP contribution in [0.2, 0.25) is 5.02 Å².